The number of halogens is 1. The van der Waals surface area contributed by atoms with Crippen LogP contribution in [0, 0.1) is 25.6 Å². The summed E-state index contributed by atoms with van der Waals surface area (Å²) in [6, 6.07) is 3.68. The van der Waals surface area contributed by atoms with Gasteiger partial charge in [-0.25, -0.2) is 13.8 Å². The molecule has 0 radical (unpaired) electrons. The van der Waals surface area contributed by atoms with E-state index >= 15 is 0 Å². The number of rotatable bonds is 9. The number of benzene rings is 1. The fourth-order valence-electron chi connectivity index (χ4n) is 2.88. The molecular formula is C22H25FN3O8P. The number of carbonyl (C=O) groups is 1. The van der Waals surface area contributed by atoms with Crippen LogP contribution in [0.5, 0.6) is 5.75 Å². The first-order chi connectivity index (χ1) is 16.6. The van der Waals surface area contributed by atoms with E-state index in [4.69, 9.17) is 13.8 Å². The molecule has 0 aliphatic carbocycles. The van der Waals surface area contributed by atoms with Gasteiger partial charge in [0.1, 0.15) is 23.7 Å². The molecule has 4 atom stereocenters. The molecule has 2 N–H and O–H groups in total. The molecule has 2 heterocycles. The quantitative estimate of drug-likeness (QED) is 0.225. The van der Waals surface area contributed by atoms with Crippen LogP contribution < -0.4 is 20.9 Å². The van der Waals surface area contributed by atoms with Gasteiger partial charge in [-0.1, -0.05) is 6.08 Å². The van der Waals surface area contributed by atoms with Crippen molar-refractivity contribution in [3.63, 3.8) is 0 Å². The van der Waals surface area contributed by atoms with Crippen molar-refractivity contribution in [1.82, 2.24) is 14.6 Å². The lowest BCUT2D eigenvalue weighted by molar-refractivity contribution is -0.142. The molecule has 0 bridgehead atoms. The second-order valence-electron chi connectivity index (χ2n) is 7.14. The number of esters is 1. The maximum Gasteiger partial charge on any atom is 0.459 e. The molecule has 0 fully saturated rings. The molecule has 35 heavy (non-hydrogen) atoms. The van der Waals surface area contributed by atoms with E-state index in [0.29, 0.717) is 5.56 Å². The lowest BCUT2D eigenvalue weighted by Crippen LogP contribution is -2.35. The summed E-state index contributed by atoms with van der Waals surface area (Å²) >= 11 is 0. The Morgan fingerprint density at radius 3 is 2.57 bits per heavy atom. The zero-order chi connectivity index (χ0) is 26.2. The molecule has 1 aromatic heterocycles. The fourth-order valence-corrected chi connectivity index (χ4v) is 4.38. The first-order valence-corrected chi connectivity index (χ1v) is 11.7. The normalized spacial score (nSPS) is 19.1. The Bertz CT molecular complexity index is 1240. The van der Waals surface area contributed by atoms with Crippen molar-refractivity contribution in [1.29, 1.82) is 0 Å². The number of aromatic amines is 1. The molecule has 1 aromatic carbocycles. The van der Waals surface area contributed by atoms with Gasteiger partial charge in [-0.15, -0.1) is 12.8 Å². The summed E-state index contributed by atoms with van der Waals surface area (Å²) in [6.45, 7) is 2.68. The number of H-pyrrole nitrogens is 1. The van der Waals surface area contributed by atoms with Crippen molar-refractivity contribution in [2.45, 2.75) is 32.2 Å². The van der Waals surface area contributed by atoms with Crippen molar-refractivity contribution in [2.75, 3.05) is 13.7 Å². The van der Waals surface area contributed by atoms with Gasteiger partial charge < -0.3 is 14.0 Å². The molecule has 13 heteroatoms. The van der Waals surface area contributed by atoms with Crippen LogP contribution in [0.15, 0.2) is 52.2 Å². The third-order valence-corrected chi connectivity index (χ3v) is 6.22. The number of nitrogens with zero attached hydrogens (tertiary/aromatic N) is 1. The molecule has 0 saturated heterocycles. The van der Waals surface area contributed by atoms with E-state index < -0.39 is 49.2 Å². The molecular weight excluding hydrogens is 484 g/mol. The number of methoxy groups -OCH3 is 1. The van der Waals surface area contributed by atoms with Crippen molar-refractivity contribution >= 4 is 13.7 Å². The highest BCUT2D eigenvalue weighted by atomic mass is 31.2. The van der Waals surface area contributed by atoms with E-state index in [2.05, 4.69) is 27.7 Å². The number of hydrogen-bond acceptors (Lipinski definition) is 8. The third kappa shape index (κ3) is 7.50. The van der Waals surface area contributed by atoms with Crippen LogP contribution in [0.2, 0.25) is 0 Å². The summed E-state index contributed by atoms with van der Waals surface area (Å²) in [7, 11) is -2.98. The van der Waals surface area contributed by atoms with E-state index in [1.807, 2.05) is 0 Å². The SMILES string of the molecule is C#C.COC(=O)C(C)NP(=O)(OCC1C=CC(n2cc(C)c(=O)[nH]c2=O)O1)Oc1ccc(F)cc1. The minimum Gasteiger partial charge on any atom is -0.468 e. The molecule has 11 nitrogen and oxygen atoms in total. The van der Waals surface area contributed by atoms with Crippen LogP contribution in [-0.2, 0) is 23.4 Å². The van der Waals surface area contributed by atoms with Gasteiger partial charge in [0.15, 0.2) is 6.23 Å². The summed E-state index contributed by atoms with van der Waals surface area (Å²) in [5.41, 5.74) is -0.826. The maximum absolute atomic E-state index is 13.3. The van der Waals surface area contributed by atoms with Crippen molar-refractivity contribution in [2.24, 2.45) is 0 Å². The summed E-state index contributed by atoms with van der Waals surface area (Å²) in [5, 5.41) is 2.47. The summed E-state index contributed by atoms with van der Waals surface area (Å²) < 4.78 is 48.9. The highest BCUT2D eigenvalue weighted by Crippen LogP contribution is 2.45. The van der Waals surface area contributed by atoms with Gasteiger partial charge in [0, 0.05) is 11.8 Å². The molecule has 1 aliphatic rings. The summed E-state index contributed by atoms with van der Waals surface area (Å²) in [4.78, 5) is 37.6. The second kappa shape index (κ2) is 12.3. The van der Waals surface area contributed by atoms with E-state index in [1.54, 1.807) is 19.1 Å². The average molecular weight is 509 g/mol. The van der Waals surface area contributed by atoms with Gasteiger partial charge in [-0.3, -0.25) is 23.7 Å². The number of nitrogens with one attached hydrogen (secondary N) is 2. The minimum absolute atomic E-state index is 0.0420. The lowest BCUT2D eigenvalue weighted by Gasteiger charge is -2.24. The Hall–Kier alpha value is -3.49. The number of ether oxygens (including phenoxy) is 2. The summed E-state index contributed by atoms with van der Waals surface area (Å²) in [6.07, 6.45) is 11.0. The fraction of sp³-hybridized carbons (Fsp3) is 0.318. The molecule has 0 spiro atoms. The lowest BCUT2D eigenvalue weighted by atomic mass is 10.3. The van der Waals surface area contributed by atoms with Gasteiger partial charge in [-0.2, -0.15) is 5.09 Å². The van der Waals surface area contributed by atoms with Crippen LogP contribution in [0.1, 0.15) is 18.7 Å². The molecule has 3 rings (SSSR count). The number of terminal acetylenes is 1. The highest BCUT2D eigenvalue weighted by molar-refractivity contribution is 7.52. The molecule has 4 unspecified atom stereocenters. The number of carbonyl (C=O) groups excluding carboxylic acids is 1. The van der Waals surface area contributed by atoms with Gasteiger partial charge in [0.05, 0.1) is 13.7 Å². The maximum atomic E-state index is 13.3. The Morgan fingerprint density at radius 2 is 1.94 bits per heavy atom. The van der Waals surface area contributed by atoms with Crippen molar-refractivity contribution < 1.29 is 32.3 Å². The molecule has 1 aliphatic heterocycles. The van der Waals surface area contributed by atoms with E-state index in [9.17, 15) is 23.3 Å². The smallest absolute Gasteiger partial charge is 0.459 e. The highest BCUT2D eigenvalue weighted by Gasteiger charge is 2.34. The third-order valence-electron chi connectivity index (χ3n) is 4.58. The van der Waals surface area contributed by atoms with Gasteiger partial charge in [0.25, 0.3) is 5.56 Å². The van der Waals surface area contributed by atoms with Crippen molar-refractivity contribution in [3.05, 3.63) is 74.8 Å². The van der Waals surface area contributed by atoms with Gasteiger partial charge in [-0.05, 0) is 44.2 Å². The minimum atomic E-state index is -4.15. The average Bonchev–Trinajstić information content (AvgIpc) is 3.31. The zero-order valence-electron chi connectivity index (χ0n) is 19.2. The molecule has 188 valence electrons. The first-order valence-electron chi connectivity index (χ1n) is 10.1. The Labute approximate surface area is 200 Å². The van der Waals surface area contributed by atoms with E-state index in [1.165, 1.54) is 36.9 Å². The van der Waals surface area contributed by atoms with Crippen LogP contribution in [0.3, 0.4) is 0 Å². The monoisotopic (exact) mass is 509 g/mol. The number of aryl methyl sites for hydroxylation is 1. The standard InChI is InChI=1S/C20H23FN3O8P.C2H2/c1-12-10-24(20(27)22-18(12)25)17-9-8-16(31-17)11-30-33(28,23-13(2)19(26)29-3)32-15-6-4-14(21)5-7-15;1-2/h4-10,13,16-17H,11H2,1-3H3,(H,23,28)(H,22,25,27);1-2H. The van der Waals surface area contributed by atoms with E-state index in [0.717, 1.165) is 12.1 Å². The predicted molar refractivity (Wildman–Crippen MR) is 124 cm³/mol. The van der Waals surface area contributed by atoms with Gasteiger partial charge in [0.2, 0.25) is 0 Å². The Morgan fingerprint density at radius 1 is 1.29 bits per heavy atom. The van der Waals surface area contributed by atoms with Crippen LogP contribution in [0.4, 0.5) is 4.39 Å². The van der Waals surface area contributed by atoms with Crippen LogP contribution in [0.25, 0.3) is 0 Å². The number of hydrogen-bond donors (Lipinski definition) is 2. The Kier molecular flexibility index (Phi) is 9.74. The second-order valence-corrected chi connectivity index (χ2v) is 8.83. The van der Waals surface area contributed by atoms with E-state index in [-0.39, 0.29) is 12.4 Å². The zero-order valence-corrected chi connectivity index (χ0v) is 20.1. The first kappa shape index (κ1) is 27.8. The topological polar surface area (TPSA) is 138 Å². The van der Waals surface area contributed by atoms with Gasteiger partial charge >= 0.3 is 19.4 Å². The number of aromatic nitrogens is 2. The Balaban J connectivity index is 0.00000210. The van der Waals surface area contributed by atoms with Crippen molar-refractivity contribution in [3.8, 4) is 18.6 Å². The largest absolute Gasteiger partial charge is 0.468 e. The van der Waals surface area contributed by atoms with Crippen LogP contribution >= 0.6 is 7.75 Å². The molecule has 2 aromatic rings. The predicted octanol–water partition coefficient (Wildman–Crippen LogP) is 2.04. The van der Waals surface area contributed by atoms with Crippen LogP contribution in [-0.4, -0.2) is 41.4 Å². The molecule has 0 amide bonds. The summed E-state index contributed by atoms with van der Waals surface area (Å²) in [5.74, 6) is -1.18. The molecule has 0 saturated carbocycles.